The van der Waals surface area contributed by atoms with Crippen molar-refractivity contribution in [1.29, 1.82) is 0 Å². The molecule has 0 fully saturated rings. The third-order valence-corrected chi connectivity index (χ3v) is 2.22. The molecule has 0 radical (unpaired) electrons. The van der Waals surface area contributed by atoms with E-state index in [2.05, 4.69) is 17.2 Å². The number of hydrogen-bond donors (Lipinski definition) is 0. The fourth-order valence-electron chi connectivity index (χ4n) is 1.22. The van der Waals surface area contributed by atoms with Crippen LogP contribution in [0.25, 0.3) is 0 Å². The maximum absolute atomic E-state index is 10.7. The predicted octanol–water partition coefficient (Wildman–Crippen LogP) is 1.21. The van der Waals surface area contributed by atoms with Gasteiger partial charge < -0.3 is 4.74 Å². The van der Waals surface area contributed by atoms with Gasteiger partial charge in [-0.15, -0.1) is 5.10 Å². The van der Waals surface area contributed by atoms with E-state index in [4.69, 9.17) is 4.74 Å². The lowest BCUT2D eigenvalue weighted by Gasteiger charge is -2.11. The highest BCUT2D eigenvalue weighted by Gasteiger charge is 2.15. The van der Waals surface area contributed by atoms with Crippen LogP contribution in [0.4, 0.5) is 0 Å². The molecule has 5 heteroatoms. The molecule has 0 aliphatic carbocycles. The second-order valence-electron chi connectivity index (χ2n) is 3.17. The van der Waals surface area contributed by atoms with Crippen molar-refractivity contribution >= 4 is 6.29 Å². The van der Waals surface area contributed by atoms with Gasteiger partial charge in [0.25, 0.3) is 0 Å². The van der Waals surface area contributed by atoms with Crippen molar-refractivity contribution in [2.24, 2.45) is 0 Å². The number of nitrogens with zero attached hydrogens (tertiary/aromatic N) is 3. The quantitative estimate of drug-likeness (QED) is 0.666. The van der Waals surface area contributed by atoms with Gasteiger partial charge in [0, 0.05) is 7.11 Å². The van der Waals surface area contributed by atoms with Gasteiger partial charge >= 0.3 is 0 Å². The van der Waals surface area contributed by atoms with Gasteiger partial charge in [-0.05, 0) is 13.3 Å². The van der Waals surface area contributed by atoms with Crippen LogP contribution in [0.15, 0.2) is 0 Å². The molecule has 0 spiro atoms. The molecule has 1 rings (SSSR count). The number of carbonyl (C=O) groups is 1. The van der Waals surface area contributed by atoms with Crippen LogP contribution in [0.1, 0.15) is 42.5 Å². The minimum absolute atomic E-state index is 0.237. The SMILES string of the molecule is CCC(C)n1nnc(C=O)c1COC. The van der Waals surface area contributed by atoms with E-state index in [0.29, 0.717) is 18.6 Å². The molecule has 0 amide bonds. The average Bonchev–Trinajstić information content (AvgIpc) is 2.60. The summed E-state index contributed by atoms with van der Waals surface area (Å²) in [4.78, 5) is 10.7. The Morgan fingerprint density at radius 2 is 2.36 bits per heavy atom. The number of methoxy groups -OCH3 is 1. The van der Waals surface area contributed by atoms with E-state index in [1.807, 2.05) is 6.92 Å². The third-order valence-electron chi connectivity index (χ3n) is 2.22. The lowest BCUT2D eigenvalue weighted by molar-refractivity contribution is 0.111. The summed E-state index contributed by atoms with van der Waals surface area (Å²) in [6.45, 7) is 4.46. The summed E-state index contributed by atoms with van der Waals surface area (Å²) in [5, 5.41) is 7.72. The molecule has 0 saturated carbocycles. The summed E-state index contributed by atoms with van der Waals surface area (Å²) < 4.78 is 6.75. The standard InChI is InChI=1S/C9H15N3O2/c1-4-7(2)12-9(6-14-3)8(5-13)10-11-12/h5,7H,4,6H2,1-3H3. The largest absolute Gasteiger partial charge is 0.378 e. The van der Waals surface area contributed by atoms with Crippen molar-refractivity contribution in [2.45, 2.75) is 32.9 Å². The minimum atomic E-state index is 0.237. The lowest BCUT2D eigenvalue weighted by atomic mass is 10.2. The first-order valence-electron chi connectivity index (χ1n) is 4.62. The van der Waals surface area contributed by atoms with E-state index in [-0.39, 0.29) is 6.04 Å². The van der Waals surface area contributed by atoms with Crippen LogP contribution in [0.3, 0.4) is 0 Å². The molecule has 1 unspecified atom stereocenters. The first-order valence-corrected chi connectivity index (χ1v) is 4.62. The number of aromatic nitrogens is 3. The van der Waals surface area contributed by atoms with Gasteiger partial charge in [-0.1, -0.05) is 12.1 Å². The van der Waals surface area contributed by atoms with Crippen LogP contribution >= 0.6 is 0 Å². The summed E-state index contributed by atoms with van der Waals surface area (Å²) in [5.74, 6) is 0. The zero-order chi connectivity index (χ0) is 10.6. The first kappa shape index (κ1) is 10.8. The van der Waals surface area contributed by atoms with Crippen molar-refractivity contribution < 1.29 is 9.53 Å². The Morgan fingerprint density at radius 3 is 2.86 bits per heavy atom. The second-order valence-corrected chi connectivity index (χ2v) is 3.17. The predicted molar refractivity (Wildman–Crippen MR) is 51.1 cm³/mol. The van der Waals surface area contributed by atoms with Crippen molar-refractivity contribution in [3.63, 3.8) is 0 Å². The van der Waals surface area contributed by atoms with Gasteiger partial charge in [0.2, 0.25) is 0 Å². The normalized spacial score (nSPS) is 12.8. The molecule has 0 aliphatic heterocycles. The Bertz CT molecular complexity index is 309. The smallest absolute Gasteiger partial charge is 0.172 e. The summed E-state index contributed by atoms with van der Waals surface area (Å²) in [7, 11) is 1.59. The lowest BCUT2D eigenvalue weighted by Crippen LogP contribution is -2.11. The fraction of sp³-hybridized carbons (Fsp3) is 0.667. The van der Waals surface area contributed by atoms with Gasteiger partial charge in [-0.25, -0.2) is 4.68 Å². The van der Waals surface area contributed by atoms with Gasteiger partial charge in [0.1, 0.15) is 0 Å². The molecule has 0 bridgehead atoms. The Balaban J connectivity index is 3.03. The van der Waals surface area contributed by atoms with Crippen LogP contribution in [0.5, 0.6) is 0 Å². The molecule has 78 valence electrons. The zero-order valence-corrected chi connectivity index (χ0v) is 8.73. The van der Waals surface area contributed by atoms with Crippen molar-refractivity contribution in [1.82, 2.24) is 15.0 Å². The number of rotatable bonds is 5. The molecule has 1 atom stereocenters. The Morgan fingerprint density at radius 1 is 1.64 bits per heavy atom. The van der Waals surface area contributed by atoms with Gasteiger partial charge in [0.15, 0.2) is 12.0 Å². The molecule has 1 aromatic heterocycles. The van der Waals surface area contributed by atoms with Crippen LogP contribution < -0.4 is 0 Å². The highest BCUT2D eigenvalue weighted by atomic mass is 16.5. The molecule has 1 heterocycles. The number of carbonyl (C=O) groups excluding carboxylic acids is 1. The topological polar surface area (TPSA) is 57.0 Å². The Labute approximate surface area is 83.1 Å². The second kappa shape index (κ2) is 4.85. The van der Waals surface area contributed by atoms with Crippen molar-refractivity contribution in [3.05, 3.63) is 11.4 Å². The van der Waals surface area contributed by atoms with Gasteiger partial charge in [0.05, 0.1) is 18.3 Å². The zero-order valence-electron chi connectivity index (χ0n) is 8.73. The van der Waals surface area contributed by atoms with E-state index >= 15 is 0 Å². The Hall–Kier alpha value is -1.23. The monoisotopic (exact) mass is 197 g/mol. The summed E-state index contributed by atoms with van der Waals surface area (Å²) in [5.41, 5.74) is 1.11. The molecule has 0 aliphatic rings. The van der Waals surface area contributed by atoms with E-state index in [1.54, 1.807) is 11.8 Å². The first-order chi connectivity index (χ1) is 6.74. The maximum atomic E-state index is 10.7. The number of ether oxygens (including phenoxy) is 1. The average molecular weight is 197 g/mol. The highest BCUT2D eigenvalue weighted by Crippen LogP contribution is 2.14. The fourth-order valence-corrected chi connectivity index (χ4v) is 1.22. The van der Waals surface area contributed by atoms with Gasteiger partial charge in [-0.3, -0.25) is 4.79 Å². The van der Waals surface area contributed by atoms with Crippen LogP contribution in [-0.2, 0) is 11.3 Å². The highest BCUT2D eigenvalue weighted by molar-refractivity contribution is 5.73. The van der Waals surface area contributed by atoms with Crippen molar-refractivity contribution in [3.8, 4) is 0 Å². The molecule has 0 N–H and O–H groups in total. The minimum Gasteiger partial charge on any atom is -0.378 e. The Kier molecular flexibility index (Phi) is 3.76. The molecule has 0 aromatic carbocycles. The van der Waals surface area contributed by atoms with Crippen LogP contribution in [0.2, 0.25) is 0 Å². The summed E-state index contributed by atoms with van der Waals surface area (Å²) >= 11 is 0. The van der Waals surface area contributed by atoms with Gasteiger partial charge in [-0.2, -0.15) is 0 Å². The maximum Gasteiger partial charge on any atom is 0.172 e. The van der Waals surface area contributed by atoms with Crippen LogP contribution in [-0.4, -0.2) is 28.4 Å². The third kappa shape index (κ3) is 1.98. The molecule has 1 aromatic rings. The molecular weight excluding hydrogens is 182 g/mol. The van der Waals surface area contributed by atoms with Crippen molar-refractivity contribution in [2.75, 3.05) is 7.11 Å². The van der Waals surface area contributed by atoms with E-state index in [9.17, 15) is 4.79 Å². The molecule has 5 nitrogen and oxygen atoms in total. The molecular formula is C9H15N3O2. The molecule has 0 saturated heterocycles. The van der Waals surface area contributed by atoms with Crippen LogP contribution in [0, 0.1) is 0 Å². The molecule has 14 heavy (non-hydrogen) atoms. The van der Waals surface area contributed by atoms with E-state index < -0.39 is 0 Å². The summed E-state index contributed by atoms with van der Waals surface area (Å²) in [6, 6.07) is 0.237. The van der Waals surface area contributed by atoms with E-state index in [0.717, 1.165) is 12.1 Å². The summed E-state index contributed by atoms with van der Waals surface area (Å²) in [6.07, 6.45) is 1.65. The van der Waals surface area contributed by atoms with E-state index in [1.165, 1.54) is 0 Å². The number of aldehydes is 1. The number of hydrogen-bond acceptors (Lipinski definition) is 4.